The highest BCUT2D eigenvalue weighted by molar-refractivity contribution is 5.26. The van der Waals surface area contributed by atoms with Gasteiger partial charge in [-0.2, -0.15) is 18.3 Å². The fourth-order valence-electron chi connectivity index (χ4n) is 2.41. The first-order chi connectivity index (χ1) is 9.91. The third-order valence-electron chi connectivity index (χ3n) is 3.52. The molecule has 1 aromatic carbocycles. The molecule has 1 aromatic heterocycles. The van der Waals surface area contributed by atoms with Crippen LogP contribution in [0.3, 0.4) is 0 Å². The standard InChI is InChI=1S/C14H14F3N3O/c15-14(16,17)10-3-1-9(2-4-10)7-12-18-13-6-5-11(21)8-20(13)19-12/h1-4,11,21H,5-8H2. The van der Waals surface area contributed by atoms with E-state index in [0.717, 1.165) is 23.5 Å². The summed E-state index contributed by atoms with van der Waals surface area (Å²) in [7, 11) is 0. The van der Waals surface area contributed by atoms with Crippen LogP contribution in [-0.2, 0) is 25.6 Å². The first-order valence-corrected chi connectivity index (χ1v) is 6.68. The van der Waals surface area contributed by atoms with Crippen LogP contribution < -0.4 is 0 Å². The van der Waals surface area contributed by atoms with Gasteiger partial charge in [0.1, 0.15) is 5.82 Å². The molecule has 112 valence electrons. The third-order valence-corrected chi connectivity index (χ3v) is 3.52. The zero-order valence-electron chi connectivity index (χ0n) is 11.1. The zero-order valence-corrected chi connectivity index (χ0v) is 11.1. The predicted molar refractivity (Wildman–Crippen MR) is 68.6 cm³/mol. The van der Waals surface area contributed by atoms with Crippen molar-refractivity contribution < 1.29 is 18.3 Å². The average molecular weight is 297 g/mol. The van der Waals surface area contributed by atoms with Gasteiger partial charge in [0.05, 0.1) is 18.2 Å². The Labute approximate surface area is 119 Å². The normalized spacial score (nSPS) is 18.6. The number of hydrogen-bond acceptors (Lipinski definition) is 3. The Morgan fingerprint density at radius 3 is 2.62 bits per heavy atom. The van der Waals surface area contributed by atoms with Crippen molar-refractivity contribution in [1.82, 2.24) is 14.8 Å². The summed E-state index contributed by atoms with van der Waals surface area (Å²) in [4.78, 5) is 4.37. The lowest BCUT2D eigenvalue weighted by molar-refractivity contribution is -0.137. The van der Waals surface area contributed by atoms with Crippen LogP contribution in [-0.4, -0.2) is 26.0 Å². The zero-order chi connectivity index (χ0) is 15.0. The maximum Gasteiger partial charge on any atom is 0.416 e. The second-order valence-corrected chi connectivity index (χ2v) is 5.19. The van der Waals surface area contributed by atoms with Gasteiger partial charge in [0, 0.05) is 12.8 Å². The summed E-state index contributed by atoms with van der Waals surface area (Å²) in [5.41, 5.74) is 0.0676. The van der Waals surface area contributed by atoms with E-state index in [1.54, 1.807) is 4.68 Å². The molecular formula is C14H14F3N3O. The quantitative estimate of drug-likeness (QED) is 0.924. The van der Waals surface area contributed by atoms with Gasteiger partial charge < -0.3 is 5.11 Å². The number of hydrogen-bond donors (Lipinski definition) is 1. The lowest BCUT2D eigenvalue weighted by Gasteiger charge is -2.16. The summed E-state index contributed by atoms with van der Waals surface area (Å²) in [6.07, 6.45) is -3.01. The summed E-state index contributed by atoms with van der Waals surface area (Å²) in [5.74, 6) is 1.39. The molecule has 0 radical (unpaired) electrons. The van der Waals surface area contributed by atoms with Gasteiger partial charge in [0.15, 0.2) is 5.82 Å². The molecule has 0 spiro atoms. The van der Waals surface area contributed by atoms with Crippen molar-refractivity contribution in [3.63, 3.8) is 0 Å². The van der Waals surface area contributed by atoms with Crippen molar-refractivity contribution in [2.45, 2.75) is 38.1 Å². The molecule has 0 aliphatic carbocycles. The van der Waals surface area contributed by atoms with Crippen molar-refractivity contribution in [3.05, 3.63) is 47.0 Å². The number of aliphatic hydroxyl groups excluding tert-OH is 1. The topological polar surface area (TPSA) is 50.9 Å². The van der Waals surface area contributed by atoms with E-state index in [4.69, 9.17) is 0 Å². The van der Waals surface area contributed by atoms with Gasteiger partial charge in [-0.1, -0.05) is 12.1 Å². The Morgan fingerprint density at radius 2 is 1.95 bits per heavy atom. The monoisotopic (exact) mass is 297 g/mol. The Hall–Kier alpha value is -1.89. The van der Waals surface area contributed by atoms with Crippen LogP contribution in [0.5, 0.6) is 0 Å². The van der Waals surface area contributed by atoms with E-state index < -0.39 is 17.8 Å². The number of aryl methyl sites for hydroxylation is 1. The molecule has 1 atom stereocenters. The summed E-state index contributed by atoms with van der Waals surface area (Å²) < 4.78 is 39.1. The smallest absolute Gasteiger partial charge is 0.391 e. The van der Waals surface area contributed by atoms with Crippen molar-refractivity contribution >= 4 is 0 Å². The molecule has 2 heterocycles. The van der Waals surface area contributed by atoms with Crippen molar-refractivity contribution in [2.75, 3.05) is 0 Å². The minimum absolute atomic E-state index is 0.383. The molecule has 0 bridgehead atoms. The summed E-state index contributed by atoms with van der Waals surface area (Å²) in [6.45, 7) is 0.426. The number of aromatic nitrogens is 3. The van der Waals surface area contributed by atoms with Gasteiger partial charge in [-0.3, -0.25) is 0 Å². The molecule has 1 unspecified atom stereocenters. The highest BCUT2D eigenvalue weighted by Crippen LogP contribution is 2.29. The molecule has 7 heteroatoms. The Balaban J connectivity index is 1.75. The molecule has 0 saturated heterocycles. The van der Waals surface area contributed by atoms with Crippen LogP contribution in [0.1, 0.15) is 29.2 Å². The number of fused-ring (bicyclic) bond motifs is 1. The van der Waals surface area contributed by atoms with E-state index in [1.165, 1.54) is 12.1 Å². The number of benzene rings is 1. The number of alkyl halides is 3. The van der Waals surface area contributed by atoms with E-state index in [-0.39, 0.29) is 0 Å². The molecule has 1 aliphatic heterocycles. The number of nitrogens with zero attached hydrogens (tertiary/aromatic N) is 3. The van der Waals surface area contributed by atoms with E-state index in [0.29, 0.717) is 31.6 Å². The summed E-state index contributed by atoms with van der Waals surface area (Å²) in [6, 6.07) is 5.01. The third kappa shape index (κ3) is 3.07. The molecule has 0 amide bonds. The number of rotatable bonds is 2. The Kier molecular flexibility index (Phi) is 3.44. The molecule has 1 aliphatic rings. The fraction of sp³-hybridized carbons (Fsp3) is 0.429. The van der Waals surface area contributed by atoms with Crippen LogP contribution in [0.4, 0.5) is 13.2 Å². The van der Waals surface area contributed by atoms with Crippen molar-refractivity contribution in [2.24, 2.45) is 0 Å². The van der Waals surface area contributed by atoms with E-state index in [2.05, 4.69) is 10.1 Å². The highest BCUT2D eigenvalue weighted by atomic mass is 19.4. The lowest BCUT2D eigenvalue weighted by atomic mass is 10.1. The van der Waals surface area contributed by atoms with Gasteiger partial charge in [0.2, 0.25) is 0 Å². The number of halogens is 3. The van der Waals surface area contributed by atoms with Crippen LogP contribution in [0.25, 0.3) is 0 Å². The van der Waals surface area contributed by atoms with Crippen molar-refractivity contribution in [3.8, 4) is 0 Å². The van der Waals surface area contributed by atoms with Gasteiger partial charge in [-0.25, -0.2) is 9.67 Å². The van der Waals surface area contributed by atoms with Crippen molar-refractivity contribution in [1.29, 1.82) is 0 Å². The first kappa shape index (κ1) is 14.1. The second-order valence-electron chi connectivity index (χ2n) is 5.19. The Morgan fingerprint density at radius 1 is 1.24 bits per heavy atom. The highest BCUT2D eigenvalue weighted by Gasteiger charge is 2.30. The Bertz CT molecular complexity index is 634. The maximum absolute atomic E-state index is 12.5. The fourth-order valence-corrected chi connectivity index (χ4v) is 2.41. The van der Waals surface area contributed by atoms with Gasteiger partial charge >= 0.3 is 6.18 Å². The largest absolute Gasteiger partial charge is 0.416 e. The van der Waals surface area contributed by atoms with Gasteiger partial charge in [0.25, 0.3) is 0 Å². The molecule has 2 aromatic rings. The molecule has 4 nitrogen and oxygen atoms in total. The molecular weight excluding hydrogens is 283 g/mol. The minimum atomic E-state index is -4.32. The lowest BCUT2D eigenvalue weighted by Crippen LogP contribution is -2.25. The molecule has 1 N–H and O–H groups in total. The minimum Gasteiger partial charge on any atom is -0.391 e. The van der Waals surface area contributed by atoms with E-state index in [9.17, 15) is 18.3 Å². The SMILES string of the molecule is OC1CCc2nc(Cc3ccc(C(F)(F)F)cc3)nn2C1. The maximum atomic E-state index is 12.5. The predicted octanol–water partition coefficient (Wildman–Crippen LogP) is 2.19. The summed E-state index contributed by atoms with van der Waals surface area (Å²) >= 11 is 0. The number of aliphatic hydroxyl groups is 1. The average Bonchev–Trinajstić information content (AvgIpc) is 2.79. The molecule has 0 saturated carbocycles. The van der Waals surface area contributed by atoms with E-state index >= 15 is 0 Å². The van der Waals surface area contributed by atoms with Crippen LogP contribution in [0.2, 0.25) is 0 Å². The molecule has 21 heavy (non-hydrogen) atoms. The van der Waals surface area contributed by atoms with Crippen LogP contribution >= 0.6 is 0 Å². The van der Waals surface area contributed by atoms with Gasteiger partial charge in [-0.05, 0) is 24.1 Å². The summed E-state index contributed by atoms with van der Waals surface area (Å²) in [5, 5.41) is 13.9. The first-order valence-electron chi connectivity index (χ1n) is 6.68. The molecule has 0 fully saturated rings. The van der Waals surface area contributed by atoms with E-state index in [1.807, 2.05) is 0 Å². The second kappa shape index (κ2) is 5.14. The molecule has 3 rings (SSSR count). The van der Waals surface area contributed by atoms with Crippen LogP contribution in [0.15, 0.2) is 24.3 Å². The van der Waals surface area contributed by atoms with Gasteiger partial charge in [-0.15, -0.1) is 0 Å². The van der Waals surface area contributed by atoms with Crippen LogP contribution in [0, 0.1) is 0 Å².